The number of aliphatic hydroxyl groups is 1. The van der Waals surface area contributed by atoms with Crippen molar-refractivity contribution in [3.8, 4) is 0 Å². The van der Waals surface area contributed by atoms with Crippen LogP contribution in [0.15, 0.2) is 23.1 Å². The second kappa shape index (κ2) is 6.01. The van der Waals surface area contributed by atoms with Crippen LogP contribution in [-0.4, -0.2) is 22.7 Å². The number of carbonyl (C=O) groups is 1. The lowest BCUT2D eigenvalue weighted by Crippen LogP contribution is -2.00. The maximum Gasteiger partial charge on any atom is 0.159 e. The third-order valence-electron chi connectivity index (χ3n) is 2.20. The second-order valence-electron chi connectivity index (χ2n) is 3.64. The SMILES string of the molecule is CC(=O)c1ccc(SC(C)CCO)c(F)c1. The van der Waals surface area contributed by atoms with Gasteiger partial charge in [-0.15, -0.1) is 11.8 Å². The Morgan fingerprint density at radius 1 is 1.56 bits per heavy atom. The van der Waals surface area contributed by atoms with Crippen LogP contribution < -0.4 is 0 Å². The van der Waals surface area contributed by atoms with E-state index in [0.29, 0.717) is 16.9 Å². The van der Waals surface area contributed by atoms with E-state index in [0.717, 1.165) is 0 Å². The average Bonchev–Trinajstić information content (AvgIpc) is 2.21. The molecule has 1 N–H and O–H groups in total. The van der Waals surface area contributed by atoms with Crippen LogP contribution in [0.3, 0.4) is 0 Å². The molecule has 1 rings (SSSR count). The molecule has 1 aromatic rings. The molecular weight excluding hydrogens is 227 g/mol. The van der Waals surface area contributed by atoms with E-state index >= 15 is 0 Å². The fraction of sp³-hybridized carbons (Fsp3) is 0.417. The first-order valence-corrected chi connectivity index (χ1v) is 6.00. The number of rotatable bonds is 5. The highest BCUT2D eigenvalue weighted by Gasteiger charge is 2.10. The van der Waals surface area contributed by atoms with E-state index in [2.05, 4.69) is 0 Å². The number of benzene rings is 1. The monoisotopic (exact) mass is 242 g/mol. The van der Waals surface area contributed by atoms with E-state index in [9.17, 15) is 9.18 Å². The van der Waals surface area contributed by atoms with Gasteiger partial charge < -0.3 is 5.11 Å². The Labute approximate surface area is 98.9 Å². The molecule has 0 aliphatic rings. The van der Waals surface area contributed by atoms with Crippen molar-refractivity contribution in [1.29, 1.82) is 0 Å². The van der Waals surface area contributed by atoms with E-state index in [1.54, 1.807) is 12.1 Å². The Bertz CT molecular complexity index is 379. The Kier molecular flexibility index (Phi) is 4.96. The van der Waals surface area contributed by atoms with Gasteiger partial charge in [0.15, 0.2) is 5.78 Å². The molecule has 0 aromatic heterocycles. The zero-order valence-electron chi connectivity index (χ0n) is 9.37. The number of hydrogen-bond acceptors (Lipinski definition) is 3. The van der Waals surface area contributed by atoms with Gasteiger partial charge in [-0.1, -0.05) is 13.0 Å². The number of thioether (sulfide) groups is 1. The summed E-state index contributed by atoms with van der Waals surface area (Å²) in [5, 5.41) is 8.90. The van der Waals surface area contributed by atoms with Gasteiger partial charge in [-0.3, -0.25) is 4.79 Å². The predicted octanol–water partition coefficient (Wildman–Crippen LogP) is 2.89. The van der Waals surface area contributed by atoms with Gasteiger partial charge in [0.1, 0.15) is 5.82 Å². The van der Waals surface area contributed by atoms with Crippen LogP contribution in [0.5, 0.6) is 0 Å². The second-order valence-corrected chi connectivity index (χ2v) is 5.12. The Balaban J connectivity index is 2.79. The van der Waals surface area contributed by atoms with Crippen LogP contribution >= 0.6 is 11.8 Å². The van der Waals surface area contributed by atoms with E-state index < -0.39 is 0 Å². The van der Waals surface area contributed by atoms with Crippen molar-refractivity contribution in [2.24, 2.45) is 0 Å². The molecule has 0 radical (unpaired) electrons. The van der Waals surface area contributed by atoms with Crippen molar-refractivity contribution < 1.29 is 14.3 Å². The zero-order valence-corrected chi connectivity index (χ0v) is 10.2. The minimum absolute atomic E-state index is 0.0985. The summed E-state index contributed by atoms with van der Waals surface area (Å²) in [6.07, 6.45) is 0.624. The van der Waals surface area contributed by atoms with Gasteiger partial charge in [-0.05, 0) is 25.5 Å². The predicted molar refractivity (Wildman–Crippen MR) is 63.4 cm³/mol. The summed E-state index contributed by atoms with van der Waals surface area (Å²) in [7, 11) is 0. The van der Waals surface area contributed by atoms with Crippen LogP contribution in [-0.2, 0) is 0 Å². The van der Waals surface area contributed by atoms with Crippen molar-refractivity contribution in [3.63, 3.8) is 0 Å². The van der Waals surface area contributed by atoms with E-state index in [1.165, 1.54) is 24.8 Å². The molecule has 0 spiro atoms. The molecule has 0 saturated carbocycles. The van der Waals surface area contributed by atoms with Crippen molar-refractivity contribution >= 4 is 17.5 Å². The van der Waals surface area contributed by atoms with Gasteiger partial charge in [-0.2, -0.15) is 0 Å². The Morgan fingerprint density at radius 3 is 2.75 bits per heavy atom. The molecule has 88 valence electrons. The van der Waals surface area contributed by atoms with Crippen LogP contribution in [0.25, 0.3) is 0 Å². The van der Waals surface area contributed by atoms with E-state index in [1.807, 2.05) is 6.92 Å². The molecule has 0 saturated heterocycles. The number of ketones is 1. The number of Topliss-reactive ketones (excluding diaryl/α,β-unsaturated/α-hetero) is 1. The van der Waals surface area contributed by atoms with Gasteiger partial charge in [0.25, 0.3) is 0 Å². The lowest BCUT2D eigenvalue weighted by Gasteiger charge is -2.10. The molecule has 0 bridgehead atoms. The van der Waals surface area contributed by atoms with Gasteiger partial charge in [-0.25, -0.2) is 4.39 Å². The number of halogens is 1. The molecule has 2 nitrogen and oxygen atoms in total. The molecule has 1 unspecified atom stereocenters. The fourth-order valence-electron chi connectivity index (χ4n) is 1.27. The van der Waals surface area contributed by atoms with Crippen LogP contribution in [0.4, 0.5) is 4.39 Å². The van der Waals surface area contributed by atoms with E-state index in [4.69, 9.17) is 5.11 Å². The summed E-state index contributed by atoms with van der Waals surface area (Å²) >= 11 is 1.37. The molecule has 1 atom stereocenters. The molecule has 4 heteroatoms. The Hall–Kier alpha value is -0.870. The molecule has 0 amide bonds. The quantitative estimate of drug-likeness (QED) is 0.637. The molecule has 1 aromatic carbocycles. The maximum absolute atomic E-state index is 13.6. The molecule has 16 heavy (non-hydrogen) atoms. The number of hydrogen-bond donors (Lipinski definition) is 1. The highest BCUT2D eigenvalue weighted by atomic mass is 32.2. The highest BCUT2D eigenvalue weighted by molar-refractivity contribution is 8.00. The van der Waals surface area contributed by atoms with Crippen molar-refractivity contribution in [2.45, 2.75) is 30.4 Å². The smallest absolute Gasteiger partial charge is 0.159 e. The zero-order chi connectivity index (χ0) is 12.1. The third kappa shape index (κ3) is 3.61. The normalized spacial score (nSPS) is 12.5. The van der Waals surface area contributed by atoms with E-state index in [-0.39, 0.29) is 23.5 Å². The summed E-state index contributed by atoms with van der Waals surface area (Å²) in [4.78, 5) is 11.5. The maximum atomic E-state index is 13.6. The van der Waals surface area contributed by atoms with Crippen LogP contribution in [0.1, 0.15) is 30.6 Å². The van der Waals surface area contributed by atoms with Gasteiger partial charge in [0.05, 0.1) is 0 Å². The number of carbonyl (C=O) groups excluding carboxylic acids is 1. The van der Waals surface area contributed by atoms with Gasteiger partial charge in [0.2, 0.25) is 0 Å². The summed E-state index contributed by atoms with van der Waals surface area (Å²) in [5.74, 6) is -0.513. The largest absolute Gasteiger partial charge is 0.396 e. The summed E-state index contributed by atoms with van der Waals surface area (Å²) < 4.78 is 13.6. The topological polar surface area (TPSA) is 37.3 Å². The minimum atomic E-state index is -0.373. The highest BCUT2D eigenvalue weighted by Crippen LogP contribution is 2.28. The first-order chi connectivity index (χ1) is 7.54. The summed E-state index contributed by atoms with van der Waals surface area (Å²) in [6, 6.07) is 4.50. The van der Waals surface area contributed by atoms with Crippen LogP contribution in [0.2, 0.25) is 0 Å². The van der Waals surface area contributed by atoms with Crippen molar-refractivity contribution in [3.05, 3.63) is 29.6 Å². The average molecular weight is 242 g/mol. The molecular formula is C12H15FO2S. The molecule has 0 fully saturated rings. The fourth-order valence-corrected chi connectivity index (χ4v) is 2.25. The van der Waals surface area contributed by atoms with Gasteiger partial charge in [0, 0.05) is 22.3 Å². The lowest BCUT2D eigenvalue weighted by atomic mass is 10.1. The Morgan fingerprint density at radius 2 is 2.25 bits per heavy atom. The molecule has 0 aliphatic carbocycles. The van der Waals surface area contributed by atoms with Gasteiger partial charge >= 0.3 is 0 Å². The first-order valence-electron chi connectivity index (χ1n) is 5.12. The third-order valence-corrected chi connectivity index (χ3v) is 3.43. The molecule has 0 aliphatic heterocycles. The van der Waals surface area contributed by atoms with Crippen LogP contribution in [0, 0.1) is 5.82 Å². The van der Waals surface area contributed by atoms with Crippen molar-refractivity contribution in [1.82, 2.24) is 0 Å². The lowest BCUT2D eigenvalue weighted by molar-refractivity contribution is 0.101. The number of aliphatic hydroxyl groups excluding tert-OH is 1. The summed E-state index contributed by atoms with van der Waals surface area (Å²) in [5.41, 5.74) is 0.386. The molecule has 0 heterocycles. The van der Waals surface area contributed by atoms with Crippen molar-refractivity contribution in [2.75, 3.05) is 6.61 Å². The summed E-state index contributed by atoms with van der Waals surface area (Å²) in [6.45, 7) is 3.44. The standard InChI is InChI=1S/C12H15FO2S/c1-8(5-6-14)16-12-4-3-10(9(2)15)7-11(12)13/h3-4,7-8,14H,5-6H2,1-2H3. The minimum Gasteiger partial charge on any atom is -0.396 e. The first kappa shape index (κ1) is 13.2.